The smallest absolute Gasteiger partial charge is 0.136 e. The standard InChI is InChI=1S/C56H32OS/c1-2-12-39-33(10-1)11-9-18-40(39)54-43-15-5-3-13-41(43)53(42-14-4-6-16-44(42)54)38-23-22-34-30-35(20-21-36(34)31-38)37-24-25-47-50(32-37)57-49-28-26-46-45(55(47)49)27-29-52-56(46)48-17-7-8-19-51(48)58-52/h1-32H. The molecule has 1 nitrogen and oxygen atoms in total. The predicted molar refractivity (Wildman–Crippen MR) is 250 cm³/mol. The van der Waals surface area contributed by atoms with Crippen LogP contribution in [0.2, 0.25) is 0 Å². The molecule has 0 saturated heterocycles. The minimum atomic E-state index is 0.913. The van der Waals surface area contributed by atoms with Crippen LogP contribution >= 0.6 is 11.3 Å². The maximum absolute atomic E-state index is 6.59. The zero-order valence-corrected chi connectivity index (χ0v) is 32.1. The Morgan fingerprint density at radius 3 is 1.66 bits per heavy atom. The summed E-state index contributed by atoms with van der Waals surface area (Å²) in [6, 6.07) is 71.5. The lowest BCUT2D eigenvalue weighted by Crippen LogP contribution is -1.91. The lowest BCUT2D eigenvalue weighted by atomic mass is 9.84. The monoisotopic (exact) mass is 752 g/mol. The van der Waals surface area contributed by atoms with Crippen molar-refractivity contribution < 1.29 is 4.42 Å². The fraction of sp³-hybridized carbons (Fsp3) is 0. The van der Waals surface area contributed by atoms with Crippen LogP contribution in [0.25, 0.3) is 129 Å². The summed E-state index contributed by atoms with van der Waals surface area (Å²) in [7, 11) is 0. The molecule has 13 rings (SSSR count). The highest BCUT2D eigenvalue weighted by Crippen LogP contribution is 2.47. The van der Waals surface area contributed by atoms with Crippen molar-refractivity contribution in [3.05, 3.63) is 194 Å². The van der Waals surface area contributed by atoms with Gasteiger partial charge in [0.25, 0.3) is 0 Å². The molecule has 0 radical (unpaired) electrons. The summed E-state index contributed by atoms with van der Waals surface area (Å²) in [4.78, 5) is 0. The van der Waals surface area contributed by atoms with Gasteiger partial charge in [0.15, 0.2) is 0 Å². The van der Waals surface area contributed by atoms with Crippen LogP contribution in [-0.2, 0) is 0 Å². The first-order valence-corrected chi connectivity index (χ1v) is 20.7. The van der Waals surface area contributed by atoms with Gasteiger partial charge < -0.3 is 4.42 Å². The van der Waals surface area contributed by atoms with Gasteiger partial charge in [-0.15, -0.1) is 11.3 Å². The molecule has 0 aliphatic rings. The third-order valence-electron chi connectivity index (χ3n) is 12.4. The van der Waals surface area contributed by atoms with E-state index in [9.17, 15) is 0 Å². The average molecular weight is 753 g/mol. The fourth-order valence-electron chi connectivity index (χ4n) is 9.84. The molecule has 0 spiro atoms. The molecule has 2 heteroatoms. The Morgan fingerprint density at radius 1 is 0.293 bits per heavy atom. The number of benzene rings is 11. The van der Waals surface area contributed by atoms with Gasteiger partial charge in [-0.05, 0) is 136 Å². The molecule has 11 aromatic carbocycles. The van der Waals surface area contributed by atoms with Crippen molar-refractivity contribution in [1.82, 2.24) is 0 Å². The second-order valence-electron chi connectivity index (χ2n) is 15.5. The normalized spacial score (nSPS) is 12.1. The van der Waals surface area contributed by atoms with Crippen molar-refractivity contribution >= 4 is 107 Å². The van der Waals surface area contributed by atoms with Gasteiger partial charge in [-0.3, -0.25) is 0 Å². The summed E-state index contributed by atoms with van der Waals surface area (Å²) < 4.78 is 9.23. The Morgan fingerprint density at radius 2 is 0.862 bits per heavy atom. The number of thiophene rings is 1. The summed E-state index contributed by atoms with van der Waals surface area (Å²) in [5, 5.41) is 17.5. The summed E-state index contributed by atoms with van der Waals surface area (Å²) >= 11 is 1.86. The topological polar surface area (TPSA) is 13.1 Å². The van der Waals surface area contributed by atoms with Crippen molar-refractivity contribution in [2.45, 2.75) is 0 Å². The molecule has 0 N–H and O–H groups in total. The first kappa shape index (κ1) is 31.9. The molecular weight excluding hydrogens is 721 g/mol. The Bertz CT molecular complexity index is 3800. The molecule has 0 aliphatic heterocycles. The minimum absolute atomic E-state index is 0.913. The maximum atomic E-state index is 6.59. The molecule has 268 valence electrons. The van der Waals surface area contributed by atoms with Gasteiger partial charge in [-0.25, -0.2) is 0 Å². The lowest BCUT2D eigenvalue weighted by Gasteiger charge is -2.19. The lowest BCUT2D eigenvalue weighted by molar-refractivity contribution is 0.669. The number of hydrogen-bond donors (Lipinski definition) is 0. The number of rotatable bonds is 3. The number of fused-ring (bicyclic) bond motifs is 13. The molecule has 2 heterocycles. The van der Waals surface area contributed by atoms with Gasteiger partial charge in [0.2, 0.25) is 0 Å². The zero-order valence-electron chi connectivity index (χ0n) is 31.3. The molecule has 2 aromatic heterocycles. The van der Waals surface area contributed by atoms with Crippen LogP contribution in [0, 0.1) is 0 Å². The Labute approximate surface area is 337 Å². The van der Waals surface area contributed by atoms with Crippen molar-refractivity contribution in [3.8, 4) is 33.4 Å². The molecule has 0 aliphatic carbocycles. The molecule has 0 unspecified atom stereocenters. The van der Waals surface area contributed by atoms with Gasteiger partial charge in [0.05, 0.1) is 0 Å². The Hall–Kier alpha value is -7.26. The van der Waals surface area contributed by atoms with E-state index in [0.717, 1.165) is 22.1 Å². The van der Waals surface area contributed by atoms with E-state index in [1.807, 2.05) is 11.3 Å². The summed E-state index contributed by atoms with van der Waals surface area (Å²) in [6.07, 6.45) is 0. The van der Waals surface area contributed by atoms with E-state index >= 15 is 0 Å². The first-order valence-electron chi connectivity index (χ1n) is 19.9. The molecule has 58 heavy (non-hydrogen) atoms. The quantitative estimate of drug-likeness (QED) is 0.164. The van der Waals surface area contributed by atoms with Crippen molar-refractivity contribution in [3.63, 3.8) is 0 Å². The fourth-order valence-corrected chi connectivity index (χ4v) is 11.0. The predicted octanol–water partition coefficient (Wildman–Crippen LogP) is 16.7. The van der Waals surface area contributed by atoms with Crippen LogP contribution in [0.3, 0.4) is 0 Å². The minimum Gasteiger partial charge on any atom is -0.456 e. The highest BCUT2D eigenvalue weighted by Gasteiger charge is 2.19. The highest BCUT2D eigenvalue weighted by molar-refractivity contribution is 7.26. The summed E-state index contributed by atoms with van der Waals surface area (Å²) in [5.74, 6) is 0. The maximum Gasteiger partial charge on any atom is 0.136 e. The van der Waals surface area contributed by atoms with Gasteiger partial charge in [-0.2, -0.15) is 0 Å². The number of hydrogen-bond acceptors (Lipinski definition) is 2. The van der Waals surface area contributed by atoms with Crippen LogP contribution in [0.1, 0.15) is 0 Å². The van der Waals surface area contributed by atoms with Gasteiger partial charge in [0.1, 0.15) is 11.2 Å². The molecule has 0 amide bonds. The molecular formula is C56H32OS. The number of furan rings is 1. The Kier molecular flexibility index (Phi) is 6.66. The van der Waals surface area contributed by atoms with E-state index < -0.39 is 0 Å². The largest absolute Gasteiger partial charge is 0.456 e. The van der Waals surface area contributed by atoms with Gasteiger partial charge in [-0.1, -0.05) is 146 Å². The second-order valence-corrected chi connectivity index (χ2v) is 16.6. The van der Waals surface area contributed by atoms with Crippen LogP contribution < -0.4 is 0 Å². The molecule has 13 aromatic rings. The van der Waals surface area contributed by atoms with Crippen molar-refractivity contribution in [2.75, 3.05) is 0 Å². The van der Waals surface area contributed by atoms with E-state index in [4.69, 9.17) is 4.42 Å². The van der Waals surface area contributed by atoms with Crippen LogP contribution in [0.4, 0.5) is 0 Å². The van der Waals surface area contributed by atoms with Crippen LogP contribution in [0.15, 0.2) is 199 Å². The molecule has 0 saturated carbocycles. The van der Waals surface area contributed by atoms with Crippen LogP contribution in [-0.4, -0.2) is 0 Å². The van der Waals surface area contributed by atoms with Gasteiger partial charge >= 0.3 is 0 Å². The van der Waals surface area contributed by atoms with Gasteiger partial charge in [0, 0.05) is 30.9 Å². The van der Waals surface area contributed by atoms with E-state index in [1.165, 1.54) is 107 Å². The first-order chi connectivity index (χ1) is 28.7. The third-order valence-corrected chi connectivity index (χ3v) is 13.6. The van der Waals surface area contributed by atoms with E-state index in [-0.39, 0.29) is 0 Å². The average Bonchev–Trinajstić information content (AvgIpc) is 3.86. The van der Waals surface area contributed by atoms with Crippen molar-refractivity contribution in [1.29, 1.82) is 0 Å². The van der Waals surface area contributed by atoms with E-state index in [1.54, 1.807) is 0 Å². The van der Waals surface area contributed by atoms with Crippen LogP contribution in [0.5, 0.6) is 0 Å². The Balaban J connectivity index is 0.933. The summed E-state index contributed by atoms with van der Waals surface area (Å²) in [5.41, 5.74) is 9.22. The molecule has 0 bridgehead atoms. The molecule has 0 fully saturated rings. The van der Waals surface area contributed by atoms with Crippen molar-refractivity contribution in [2.24, 2.45) is 0 Å². The SMILES string of the molecule is c1ccc2c(-c3c4ccccc4c(-c4ccc5cc(-c6ccc7c(c6)oc6ccc8c(ccc9sc%10ccccc%10c98)c67)ccc5c4)c4ccccc34)cccc2c1. The summed E-state index contributed by atoms with van der Waals surface area (Å²) in [6.45, 7) is 0. The third kappa shape index (κ3) is 4.58. The highest BCUT2D eigenvalue weighted by atomic mass is 32.1. The second kappa shape index (κ2) is 12.1. The van der Waals surface area contributed by atoms with E-state index in [0.29, 0.717) is 0 Å². The van der Waals surface area contributed by atoms with E-state index in [2.05, 4.69) is 194 Å². The zero-order chi connectivity index (χ0) is 37.9. The molecule has 0 atom stereocenters.